The van der Waals surface area contributed by atoms with E-state index in [1.54, 1.807) is 7.11 Å². The zero-order chi connectivity index (χ0) is 15.1. The number of methoxy groups -OCH3 is 1. The van der Waals surface area contributed by atoms with Crippen molar-refractivity contribution in [3.05, 3.63) is 59.1 Å². The van der Waals surface area contributed by atoms with E-state index in [4.69, 9.17) is 26.8 Å². The highest BCUT2D eigenvalue weighted by molar-refractivity contribution is 6.31. The van der Waals surface area contributed by atoms with Gasteiger partial charge < -0.3 is 15.2 Å². The zero-order valence-corrected chi connectivity index (χ0v) is 12.8. The van der Waals surface area contributed by atoms with Gasteiger partial charge in [-0.25, -0.2) is 0 Å². The van der Waals surface area contributed by atoms with Gasteiger partial charge in [-0.05, 0) is 48.7 Å². The van der Waals surface area contributed by atoms with E-state index < -0.39 is 0 Å². The summed E-state index contributed by atoms with van der Waals surface area (Å²) in [5.74, 6) is 1.64. The zero-order valence-electron chi connectivity index (χ0n) is 12.1. The van der Waals surface area contributed by atoms with Crippen molar-refractivity contribution in [3.63, 3.8) is 0 Å². The van der Waals surface area contributed by atoms with Gasteiger partial charge in [0.2, 0.25) is 0 Å². The summed E-state index contributed by atoms with van der Waals surface area (Å²) in [7, 11) is 1.64. The van der Waals surface area contributed by atoms with Gasteiger partial charge in [0.15, 0.2) is 0 Å². The second-order valence-electron chi connectivity index (χ2n) is 4.87. The third kappa shape index (κ3) is 4.96. The van der Waals surface area contributed by atoms with Crippen molar-refractivity contribution in [2.75, 3.05) is 13.7 Å². The highest BCUT2D eigenvalue weighted by atomic mass is 35.5. The van der Waals surface area contributed by atoms with Gasteiger partial charge in [-0.2, -0.15) is 0 Å². The van der Waals surface area contributed by atoms with Crippen molar-refractivity contribution in [1.29, 1.82) is 0 Å². The first-order valence-electron chi connectivity index (χ1n) is 6.95. The number of hydrogen-bond acceptors (Lipinski definition) is 3. The van der Waals surface area contributed by atoms with E-state index in [0.717, 1.165) is 34.9 Å². The Labute approximate surface area is 130 Å². The molecular formula is C17H20ClNO2. The summed E-state index contributed by atoms with van der Waals surface area (Å²) in [6.07, 6.45) is 1.53. The molecule has 2 aromatic carbocycles. The van der Waals surface area contributed by atoms with Gasteiger partial charge in [0.05, 0.1) is 13.7 Å². The highest BCUT2D eigenvalue weighted by Crippen LogP contribution is 2.19. The molecule has 0 fully saturated rings. The minimum absolute atomic E-state index is 0.0307. The van der Waals surface area contributed by atoms with Gasteiger partial charge in [0.25, 0.3) is 0 Å². The lowest BCUT2D eigenvalue weighted by Crippen LogP contribution is -2.25. The average Bonchev–Trinajstić information content (AvgIpc) is 2.50. The minimum atomic E-state index is 0.0307. The summed E-state index contributed by atoms with van der Waals surface area (Å²) in [5, 5.41) is 0.768. The summed E-state index contributed by atoms with van der Waals surface area (Å²) < 4.78 is 10.8. The smallest absolute Gasteiger partial charge is 0.119 e. The molecule has 0 amide bonds. The number of hydrogen-bond donors (Lipinski definition) is 1. The Bertz CT molecular complexity index is 557. The maximum absolute atomic E-state index is 6.13. The molecule has 0 aliphatic rings. The van der Waals surface area contributed by atoms with Gasteiger partial charge in [-0.1, -0.05) is 29.8 Å². The van der Waals surface area contributed by atoms with Crippen LogP contribution in [0, 0.1) is 0 Å². The Balaban J connectivity index is 1.76. The van der Waals surface area contributed by atoms with E-state index in [1.165, 1.54) is 0 Å². The summed E-state index contributed by atoms with van der Waals surface area (Å²) in [5.41, 5.74) is 7.21. The van der Waals surface area contributed by atoms with E-state index in [0.29, 0.717) is 6.61 Å². The van der Waals surface area contributed by atoms with Crippen LogP contribution >= 0.6 is 11.6 Å². The number of ether oxygens (including phenoxy) is 2. The van der Waals surface area contributed by atoms with Gasteiger partial charge in [0.1, 0.15) is 11.5 Å². The molecular weight excluding hydrogens is 286 g/mol. The maximum Gasteiger partial charge on any atom is 0.119 e. The number of rotatable bonds is 7. The molecule has 2 rings (SSSR count). The van der Waals surface area contributed by atoms with Gasteiger partial charge in [0, 0.05) is 11.1 Å². The van der Waals surface area contributed by atoms with E-state index >= 15 is 0 Å². The van der Waals surface area contributed by atoms with Crippen LogP contribution in [-0.4, -0.2) is 19.8 Å². The topological polar surface area (TPSA) is 44.5 Å². The molecule has 1 atom stereocenters. The molecule has 21 heavy (non-hydrogen) atoms. The molecule has 0 spiro atoms. The Morgan fingerprint density at radius 2 is 1.71 bits per heavy atom. The van der Waals surface area contributed by atoms with Gasteiger partial charge in [-0.3, -0.25) is 0 Å². The van der Waals surface area contributed by atoms with Crippen LogP contribution in [0.2, 0.25) is 5.02 Å². The molecule has 3 nitrogen and oxygen atoms in total. The fraction of sp³-hybridized carbons (Fsp3) is 0.294. The van der Waals surface area contributed by atoms with Crippen LogP contribution in [-0.2, 0) is 6.42 Å². The van der Waals surface area contributed by atoms with Crippen molar-refractivity contribution in [1.82, 2.24) is 0 Å². The van der Waals surface area contributed by atoms with E-state index in [9.17, 15) is 0 Å². The molecule has 0 saturated carbocycles. The molecule has 2 N–H and O–H groups in total. The molecule has 0 heterocycles. The summed E-state index contributed by atoms with van der Waals surface area (Å²) in [6, 6.07) is 15.3. The molecule has 112 valence electrons. The molecule has 0 bridgehead atoms. The monoisotopic (exact) mass is 305 g/mol. The van der Waals surface area contributed by atoms with Gasteiger partial charge in [-0.15, -0.1) is 0 Å². The normalized spacial score (nSPS) is 12.0. The maximum atomic E-state index is 6.13. The molecule has 0 saturated heterocycles. The SMILES string of the molecule is COc1ccc(OCCC(N)Cc2ccccc2Cl)cc1. The Kier molecular flexibility index (Phi) is 5.90. The lowest BCUT2D eigenvalue weighted by Gasteiger charge is -2.13. The molecule has 0 aromatic heterocycles. The van der Waals surface area contributed by atoms with Crippen molar-refractivity contribution in [2.24, 2.45) is 5.73 Å². The van der Waals surface area contributed by atoms with Crippen LogP contribution in [0.5, 0.6) is 11.5 Å². The summed E-state index contributed by atoms with van der Waals surface area (Å²) >= 11 is 6.13. The second-order valence-corrected chi connectivity index (χ2v) is 5.28. The predicted octanol–water partition coefficient (Wildman–Crippen LogP) is 3.69. The van der Waals surface area contributed by atoms with Gasteiger partial charge >= 0.3 is 0 Å². The second kappa shape index (κ2) is 7.91. The largest absolute Gasteiger partial charge is 0.497 e. The number of benzene rings is 2. The van der Waals surface area contributed by atoms with Crippen LogP contribution in [0.25, 0.3) is 0 Å². The van der Waals surface area contributed by atoms with Crippen molar-refractivity contribution >= 4 is 11.6 Å². The molecule has 4 heteroatoms. The Hall–Kier alpha value is -1.71. The third-order valence-electron chi connectivity index (χ3n) is 3.26. The van der Waals surface area contributed by atoms with E-state index in [-0.39, 0.29) is 6.04 Å². The number of nitrogens with two attached hydrogens (primary N) is 1. The molecule has 0 aliphatic carbocycles. The van der Waals surface area contributed by atoms with Crippen LogP contribution in [0.15, 0.2) is 48.5 Å². The van der Waals surface area contributed by atoms with E-state index in [2.05, 4.69) is 0 Å². The Morgan fingerprint density at radius 1 is 1.05 bits per heavy atom. The Morgan fingerprint density at radius 3 is 2.38 bits per heavy atom. The van der Waals surface area contributed by atoms with E-state index in [1.807, 2.05) is 48.5 Å². The van der Waals surface area contributed by atoms with Crippen LogP contribution in [0.4, 0.5) is 0 Å². The first-order valence-corrected chi connectivity index (χ1v) is 7.32. The first kappa shape index (κ1) is 15.7. The number of halogens is 1. The molecule has 0 aliphatic heterocycles. The van der Waals surface area contributed by atoms with Crippen molar-refractivity contribution < 1.29 is 9.47 Å². The van der Waals surface area contributed by atoms with Crippen molar-refractivity contribution in [2.45, 2.75) is 18.9 Å². The molecule has 1 unspecified atom stereocenters. The van der Waals surface area contributed by atoms with Crippen LogP contribution in [0.3, 0.4) is 0 Å². The highest BCUT2D eigenvalue weighted by Gasteiger charge is 2.07. The van der Waals surface area contributed by atoms with Crippen molar-refractivity contribution in [3.8, 4) is 11.5 Å². The van der Waals surface area contributed by atoms with Crippen LogP contribution < -0.4 is 15.2 Å². The standard InChI is InChI=1S/C17H20ClNO2/c1-20-15-6-8-16(9-7-15)21-11-10-14(19)12-13-4-2-3-5-17(13)18/h2-9,14H,10-12,19H2,1H3. The molecule has 2 aromatic rings. The summed E-state index contributed by atoms with van der Waals surface area (Å²) in [6.45, 7) is 0.581. The third-order valence-corrected chi connectivity index (χ3v) is 3.63. The summed E-state index contributed by atoms with van der Waals surface area (Å²) in [4.78, 5) is 0. The minimum Gasteiger partial charge on any atom is -0.497 e. The quantitative estimate of drug-likeness (QED) is 0.848. The lowest BCUT2D eigenvalue weighted by molar-refractivity contribution is 0.296. The fourth-order valence-corrected chi connectivity index (χ4v) is 2.26. The predicted molar refractivity (Wildman–Crippen MR) is 86.2 cm³/mol. The lowest BCUT2D eigenvalue weighted by atomic mass is 10.0. The molecule has 0 radical (unpaired) electrons. The average molecular weight is 306 g/mol. The van der Waals surface area contributed by atoms with Crippen LogP contribution in [0.1, 0.15) is 12.0 Å². The first-order chi connectivity index (χ1) is 10.2. The fourth-order valence-electron chi connectivity index (χ4n) is 2.05.